The van der Waals surface area contributed by atoms with Gasteiger partial charge in [-0.15, -0.1) is 0 Å². The Hall–Kier alpha value is -0.280. The van der Waals surface area contributed by atoms with Crippen LogP contribution in [0.3, 0.4) is 0 Å². The fourth-order valence-electron chi connectivity index (χ4n) is 0.358. The molecular weight excluding hydrogens is 160 g/mol. The Balaban J connectivity index is 4.77. The maximum absolute atomic E-state index is 10.4. The molecule has 0 heterocycles. The maximum Gasteiger partial charge on any atom is 0.260 e. The summed E-state index contributed by atoms with van der Waals surface area (Å²) in [5.74, 6) is 0. The first-order valence-electron chi connectivity index (χ1n) is 2.25. The molecule has 52 valence electrons. The van der Waals surface area contributed by atoms with Crippen LogP contribution in [0.1, 0.15) is 6.92 Å². The van der Waals surface area contributed by atoms with Gasteiger partial charge >= 0.3 is 0 Å². The number of hydrogen-bond acceptors (Lipinski definition) is 2. The topological polar surface area (TPSA) is 34.1 Å². The average molecular weight is 167 g/mol. The molecule has 0 atom stereocenters. The average Bonchev–Trinajstić information content (AvgIpc) is 1.65. The molecule has 0 saturated heterocycles. The number of allylic oxidation sites excluding steroid dienone is 2. The van der Waals surface area contributed by atoms with Crippen LogP contribution in [-0.4, -0.2) is 8.42 Å². The van der Waals surface area contributed by atoms with Gasteiger partial charge in [-0.2, -0.15) is 0 Å². The lowest BCUT2D eigenvalue weighted by atomic mass is 10.5. The first-order valence-corrected chi connectivity index (χ1v) is 4.56. The third-order valence-corrected chi connectivity index (χ3v) is 2.27. The Kier molecular flexibility index (Phi) is 2.94. The number of rotatable bonds is 2. The van der Waals surface area contributed by atoms with E-state index in [-0.39, 0.29) is 4.91 Å². The second kappa shape index (κ2) is 3.03. The van der Waals surface area contributed by atoms with E-state index >= 15 is 0 Å². The Morgan fingerprint density at radius 2 is 2.11 bits per heavy atom. The second-order valence-electron chi connectivity index (χ2n) is 1.33. The quantitative estimate of drug-likeness (QED) is 0.462. The predicted molar refractivity (Wildman–Crippen MR) is 38.7 cm³/mol. The smallest absolute Gasteiger partial charge is 0.207 e. The zero-order chi connectivity index (χ0) is 7.49. The molecule has 0 aromatic rings. The monoisotopic (exact) mass is 166 g/mol. The van der Waals surface area contributed by atoms with E-state index in [9.17, 15) is 8.42 Å². The van der Waals surface area contributed by atoms with Gasteiger partial charge in [-0.1, -0.05) is 12.7 Å². The Labute approximate surface area is 59.3 Å². The molecule has 0 aliphatic heterocycles. The molecular formula is C5H7ClO2S. The molecule has 0 amide bonds. The fourth-order valence-corrected chi connectivity index (χ4v) is 1.30. The van der Waals surface area contributed by atoms with E-state index < -0.39 is 9.05 Å². The summed E-state index contributed by atoms with van der Waals surface area (Å²) in [5.41, 5.74) is 0. The van der Waals surface area contributed by atoms with Crippen LogP contribution in [-0.2, 0) is 9.05 Å². The highest BCUT2D eigenvalue weighted by Gasteiger charge is 2.07. The normalized spacial score (nSPS) is 13.3. The largest absolute Gasteiger partial charge is 0.260 e. The van der Waals surface area contributed by atoms with E-state index in [1.54, 1.807) is 6.92 Å². The summed E-state index contributed by atoms with van der Waals surface area (Å²) in [6.45, 7) is 4.85. The molecule has 0 fully saturated rings. The van der Waals surface area contributed by atoms with Crippen LogP contribution in [0.2, 0.25) is 0 Å². The summed E-state index contributed by atoms with van der Waals surface area (Å²) < 4.78 is 20.8. The van der Waals surface area contributed by atoms with Gasteiger partial charge in [0.15, 0.2) is 0 Å². The highest BCUT2D eigenvalue weighted by Crippen LogP contribution is 2.11. The van der Waals surface area contributed by atoms with Gasteiger partial charge in [0.05, 0.1) is 4.91 Å². The lowest BCUT2D eigenvalue weighted by Crippen LogP contribution is -1.89. The molecule has 0 bridgehead atoms. The summed E-state index contributed by atoms with van der Waals surface area (Å²) in [4.78, 5) is 0.0455. The van der Waals surface area contributed by atoms with Gasteiger partial charge in [-0.25, -0.2) is 8.42 Å². The summed E-state index contributed by atoms with van der Waals surface area (Å²) in [6.07, 6.45) is 2.58. The van der Waals surface area contributed by atoms with Gasteiger partial charge in [-0.3, -0.25) is 0 Å². The minimum Gasteiger partial charge on any atom is -0.207 e. The third kappa shape index (κ3) is 2.67. The van der Waals surface area contributed by atoms with Crippen LogP contribution in [0.25, 0.3) is 0 Å². The standard InChI is InChI=1S/C5H7ClO2S/c1-3-5(4-2)9(6,7)8/h3-4H,1H2,2H3/b5-4+. The van der Waals surface area contributed by atoms with Gasteiger partial charge in [-0.05, 0) is 13.0 Å². The molecule has 0 N–H and O–H groups in total. The summed E-state index contributed by atoms with van der Waals surface area (Å²) in [7, 11) is 1.38. The zero-order valence-corrected chi connectivity index (χ0v) is 6.54. The van der Waals surface area contributed by atoms with Crippen LogP contribution >= 0.6 is 10.7 Å². The molecule has 0 aromatic carbocycles. The molecule has 0 aliphatic carbocycles. The van der Waals surface area contributed by atoms with Crippen molar-refractivity contribution in [2.75, 3.05) is 0 Å². The Morgan fingerprint density at radius 3 is 2.11 bits per heavy atom. The summed E-state index contributed by atoms with van der Waals surface area (Å²) in [5, 5.41) is 0. The van der Waals surface area contributed by atoms with E-state index in [1.165, 1.54) is 12.2 Å². The first-order chi connectivity index (χ1) is 4.02. The van der Waals surface area contributed by atoms with Crippen LogP contribution in [0.15, 0.2) is 23.6 Å². The van der Waals surface area contributed by atoms with Crippen molar-refractivity contribution < 1.29 is 8.42 Å². The van der Waals surface area contributed by atoms with Gasteiger partial charge < -0.3 is 0 Å². The van der Waals surface area contributed by atoms with E-state index in [4.69, 9.17) is 10.7 Å². The minimum absolute atomic E-state index is 0.0455. The van der Waals surface area contributed by atoms with Crippen molar-refractivity contribution in [2.24, 2.45) is 0 Å². The Bertz CT molecular complexity index is 225. The molecule has 0 unspecified atom stereocenters. The van der Waals surface area contributed by atoms with Crippen LogP contribution in [0.4, 0.5) is 0 Å². The van der Waals surface area contributed by atoms with Crippen molar-refractivity contribution >= 4 is 19.7 Å². The highest BCUT2D eigenvalue weighted by molar-refractivity contribution is 8.17. The van der Waals surface area contributed by atoms with Gasteiger partial charge in [0.25, 0.3) is 9.05 Å². The van der Waals surface area contributed by atoms with Crippen molar-refractivity contribution in [2.45, 2.75) is 6.92 Å². The third-order valence-electron chi connectivity index (χ3n) is 0.767. The minimum atomic E-state index is -3.55. The molecule has 0 saturated carbocycles. The van der Waals surface area contributed by atoms with Crippen molar-refractivity contribution in [1.82, 2.24) is 0 Å². The summed E-state index contributed by atoms with van der Waals surface area (Å²) in [6, 6.07) is 0. The molecule has 2 nitrogen and oxygen atoms in total. The lowest BCUT2D eigenvalue weighted by Gasteiger charge is -1.90. The van der Waals surface area contributed by atoms with Gasteiger partial charge in [0.1, 0.15) is 0 Å². The molecule has 0 aliphatic rings. The van der Waals surface area contributed by atoms with Crippen molar-refractivity contribution in [3.63, 3.8) is 0 Å². The van der Waals surface area contributed by atoms with Gasteiger partial charge in [0, 0.05) is 10.7 Å². The van der Waals surface area contributed by atoms with Crippen LogP contribution in [0.5, 0.6) is 0 Å². The predicted octanol–water partition coefficient (Wildman–Crippen LogP) is 1.64. The SMILES string of the molecule is C=C/C(=C\C)S(=O)(=O)Cl. The lowest BCUT2D eigenvalue weighted by molar-refractivity contribution is 0.615. The maximum atomic E-state index is 10.4. The molecule has 4 heteroatoms. The Morgan fingerprint density at radius 1 is 1.67 bits per heavy atom. The zero-order valence-electron chi connectivity index (χ0n) is 4.96. The second-order valence-corrected chi connectivity index (χ2v) is 3.90. The van der Waals surface area contributed by atoms with Crippen molar-refractivity contribution in [1.29, 1.82) is 0 Å². The number of hydrogen-bond donors (Lipinski definition) is 0. The van der Waals surface area contributed by atoms with E-state index in [0.29, 0.717) is 0 Å². The van der Waals surface area contributed by atoms with Crippen LogP contribution < -0.4 is 0 Å². The molecule has 0 spiro atoms. The number of halogens is 1. The van der Waals surface area contributed by atoms with E-state index in [0.717, 1.165) is 0 Å². The van der Waals surface area contributed by atoms with Crippen molar-refractivity contribution in [3.05, 3.63) is 23.6 Å². The van der Waals surface area contributed by atoms with E-state index in [1.807, 2.05) is 0 Å². The molecule has 0 radical (unpaired) electrons. The summed E-state index contributed by atoms with van der Waals surface area (Å²) >= 11 is 0. The highest BCUT2D eigenvalue weighted by atomic mass is 35.7. The first kappa shape index (κ1) is 8.72. The van der Waals surface area contributed by atoms with Gasteiger partial charge in [0.2, 0.25) is 0 Å². The van der Waals surface area contributed by atoms with Crippen LogP contribution in [0, 0.1) is 0 Å². The molecule has 9 heavy (non-hydrogen) atoms. The van der Waals surface area contributed by atoms with E-state index in [2.05, 4.69) is 6.58 Å². The fraction of sp³-hybridized carbons (Fsp3) is 0.200. The molecule has 0 aromatic heterocycles. The molecule has 0 rings (SSSR count). The van der Waals surface area contributed by atoms with Crippen molar-refractivity contribution in [3.8, 4) is 0 Å².